The predicted molar refractivity (Wildman–Crippen MR) is 82.3 cm³/mol. The molecule has 0 amide bonds. The minimum Gasteiger partial charge on any atom is -0.492 e. The molecule has 3 nitrogen and oxygen atoms in total. The summed E-state index contributed by atoms with van der Waals surface area (Å²) >= 11 is 0. The summed E-state index contributed by atoms with van der Waals surface area (Å²) in [5, 5.41) is 3.70. The summed E-state index contributed by atoms with van der Waals surface area (Å²) in [6, 6.07) is 9.74. The third-order valence-corrected chi connectivity index (χ3v) is 4.62. The van der Waals surface area contributed by atoms with Crippen LogP contribution < -0.4 is 10.1 Å². The van der Waals surface area contributed by atoms with Crippen LogP contribution in [0, 0.1) is 6.92 Å². The summed E-state index contributed by atoms with van der Waals surface area (Å²) in [6.45, 7) is 6.39. The first-order chi connectivity index (χ1) is 9.83. The number of rotatable bonds is 5. The van der Waals surface area contributed by atoms with Gasteiger partial charge in [-0.1, -0.05) is 18.6 Å². The number of aryl methyl sites for hydroxylation is 1. The van der Waals surface area contributed by atoms with Crippen LogP contribution in [-0.4, -0.2) is 43.2 Å². The topological polar surface area (TPSA) is 24.5 Å². The fourth-order valence-electron chi connectivity index (χ4n) is 3.60. The number of benzene rings is 1. The van der Waals surface area contributed by atoms with Gasteiger partial charge in [0.15, 0.2) is 0 Å². The zero-order valence-electron chi connectivity index (χ0n) is 12.5. The molecule has 2 unspecified atom stereocenters. The summed E-state index contributed by atoms with van der Waals surface area (Å²) < 4.78 is 5.81. The van der Waals surface area contributed by atoms with Crippen molar-refractivity contribution >= 4 is 0 Å². The maximum absolute atomic E-state index is 5.81. The van der Waals surface area contributed by atoms with E-state index in [1.54, 1.807) is 0 Å². The first-order valence-corrected chi connectivity index (χ1v) is 8.00. The second kappa shape index (κ2) is 6.59. The van der Waals surface area contributed by atoms with E-state index in [1.807, 2.05) is 6.07 Å². The third kappa shape index (κ3) is 3.33. The summed E-state index contributed by atoms with van der Waals surface area (Å²) in [7, 11) is 0. The Balaban J connectivity index is 1.40. The highest BCUT2D eigenvalue weighted by molar-refractivity contribution is 5.27. The third-order valence-electron chi connectivity index (χ3n) is 4.62. The van der Waals surface area contributed by atoms with E-state index in [0.717, 1.165) is 24.9 Å². The molecule has 2 saturated heterocycles. The molecule has 1 N–H and O–H groups in total. The van der Waals surface area contributed by atoms with Gasteiger partial charge in [-0.3, -0.25) is 4.90 Å². The van der Waals surface area contributed by atoms with Gasteiger partial charge in [0, 0.05) is 25.2 Å². The van der Waals surface area contributed by atoms with Crippen LogP contribution in [0.3, 0.4) is 0 Å². The van der Waals surface area contributed by atoms with E-state index >= 15 is 0 Å². The molecule has 0 aromatic heterocycles. The number of ether oxygens (including phenoxy) is 1. The first-order valence-electron chi connectivity index (χ1n) is 8.00. The molecule has 20 heavy (non-hydrogen) atoms. The highest BCUT2D eigenvalue weighted by Gasteiger charge is 2.34. The first kappa shape index (κ1) is 13.9. The Labute approximate surface area is 122 Å². The van der Waals surface area contributed by atoms with Gasteiger partial charge < -0.3 is 10.1 Å². The zero-order valence-corrected chi connectivity index (χ0v) is 12.5. The Morgan fingerprint density at radius 1 is 1.25 bits per heavy atom. The number of nitrogens with one attached hydrogen (secondary N) is 1. The monoisotopic (exact) mass is 274 g/mol. The van der Waals surface area contributed by atoms with Gasteiger partial charge in [-0.25, -0.2) is 0 Å². The summed E-state index contributed by atoms with van der Waals surface area (Å²) in [6.07, 6.45) is 5.46. The SMILES string of the molecule is Cc1cccc(OCCNC2CCN3CCCCC23)c1. The molecule has 1 aromatic carbocycles. The average Bonchev–Trinajstić information content (AvgIpc) is 2.87. The minimum absolute atomic E-state index is 0.677. The van der Waals surface area contributed by atoms with Crippen LogP contribution in [0.4, 0.5) is 0 Å². The van der Waals surface area contributed by atoms with Gasteiger partial charge in [0.25, 0.3) is 0 Å². The molecular formula is C17H26N2O. The van der Waals surface area contributed by atoms with Crippen molar-refractivity contribution in [1.82, 2.24) is 10.2 Å². The number of hydrogen-bond donors (Lipinski definition) is 1. The smallest absolute Gasteiger partial charge is 0.119 e. The quantitative estimate of drug-likeness (QED) is 0.835. The summed E-state index contributed by atoms with van der Waals surface area (Å²) in [4.78, 5) is 2.67. The molecule has 3 rings (SSSR count). The van der Waals surface area contributed by atoms with Crippen LogP contribution in [-0.2, 0) is 0 Å². The molecule has 2 aliphatic heterocycles. The molecule has 1 aromatic rings. The molecule has 0 spiro atoms. The van der Waals surface area contributed by atoms with E-state index in [-0.39, 0.29) is 0 Å². The van der Waals surface area contributed by atoms with Gasteiger partial charge in [0.1, 0.15) is 12.4 Å². The van der Waals surface area contributed by atoms with Gasteiger partial charge in [-0.2, -0.15) is 0 Å². The van der Waals surface area contributed by atoms with Crippen molar-refractivity contribution in [3.8, 4) is 5.75 Å². The molecule has 0 bridgehead atoms. The lowest BCUT2D eigenvalue weighted by atomic mass is 9.99. The lowest BCUT2D eigenvalue weighted by molar-refractivity contribution is 0.178. The van der Waals surface area contributed by atoms with E-state index in [9.17, 15) is 0 Å². The lowest BCUT2D eigenvalue weighted by Gasteiger charge is -2.32. The summed E-state index contributed by atoms with van der Waals surface area (Å²) in [5.41, 5.74) is 1.25. The normalized spacial score (nSPS) is 26.4. The number of piperidine rings is 1. The fourth-order valence-corrected chi connectivity index (χ4v) is 3.60. The van der Waals surface area contributed by atoms with Crippen LogP contribution >= 0.6 is 0 Å². The van der Waals surface area contributed by atoms with Crippen molar-refractivity contribution in [3.05, 3.63) is 29.8 Å². The Kier molecular flexibility index (Phi) is 4.58. The summed E-state index contributed by atoms with van der Waals surface area (Å²) in [5.74, 6) is 0.984. The molecule has 2 aliphatic rings. The van der Waals surface area contributed by atoms with E-state index < -0.39 is 0 Å². The second-order valence-corrected chi connectivity index (χ2v) is 6.11. The van der Waals surface area contributed by atoms with Gasteiger partial charge in [-0.05, 0) is 50.4 Å². The molecule has 0 radical (unpaired) electrons. The van der Waals surface area contributed by atoms with Gasteiger partial charge >= 0.3 is 0 Å². The molecule has 3 heteroatoms. The average molecular weight is 274 g/mol. The van der Waals surface area contributed by atoms with E-state index in [0.29, 0.717) is 6.04 Å². The van der Waals surface area contributed by atoms with Gasteiger partial charge in [0.2, 0.25) is 0 Å². The van der Waals surface area contributed by atoms with Crippen molar-refractivity contribution in [1.29, 1.82) is 0 Å². The van der Waals surface area contributed by atoms with Crippen molar-refractivity contribution in [2.75, 3.05) is 26.2 Å². The maximum atomic E-state index is 5.81. The largest absolute Gasteiger partial charge is 0.492 e. The van der Waals surface area contributed by atoms with E-state index in [1.165, 1.54) is 44.3 Å². The van der Waals surface area contributed by atoms with Gasteiger partial charge in [0.05, 0.1) is 0 Å². The number of hydrogen-bond acceptors (Lipinski definition) is 3. The van der Waals surface area contributed by atoms with Crippen LogP contribution in [0.15, 0.2) is 24.3 Å². The Hall–Kier alpha value is -1.06. The van der Waals surface area contributed by atoms with Crippen LogP contribution in [0.1, 0.15) is 31.2 Å². The predicted octanol–water partition coefficient (Wildman–Crippen LogP) is 2.59. The molecule has 110 valence electrons. The molecule has 0 saturated carbocycles. The fraction of sp³-hybridized carbons (Fsp3) is 0.647. The molecule has 2 fully saturated rings. The Morgan fingerprint density at radius 3 is 3.10 bits per heavy atom. The highest BCUT2D eigenvalue weighted by atomic mass is 16.5. The Bertz CT molecular complexity index is 435. The van der Waals surface area contributed by atoms with Crippen LogP contribution in [0.5, 0.6) is 5.75 Å². The van der Waals surface area contributed by atoms with Crippen molar-refractivity contribution in [2.24, 2.45) is 0 Å². The Morgan fingerprint density at radius 2 is 2.20 bits per heavy atom. The highest BCUT2D eigenvalue weighted by Crippen LogP contribution is 2.26. The standard InChI is InChI=1S/C17H26N2O/c1-14-5-4-6-15(13-14)20-12-9-18-16-8-11-19-10-3-2-7-17(16)19/h4-6,13,16-18H,2-3,7-12H2,1H3. The molecular weight excluding hydrogens is 248 g/mol. The van der Waals surface area contributed by atoms with Crippen molar-refractivity contribution in [3.63, 3.8) is 0 Å². The molecule has 2 atom stereocenters. The lowest BCUT2D eigenvalue weighted by Crippen LogP contribution is -2.45. The molecule has 0 aliphatic carbocycles. The van der Waals surface area contributed by atoms with Crippen LogP contribution in [0.2, 0.25) is 0 Å². The number of nitrogens with zero attached hydrogens (tertiary/aromatic N) is 1. The van der Waals surface area contributed by atoms with Crippen molar-refractivity contribution in [2.45, 2.75) is 44.7 Å². The maximum Gasteiger partial charge on any atom is 0.119 e. The van der Waals surface area contributed by atoms with Gasteiger partial charge in [-0.15, -0.1) is 0 Å². The minimum atomic E-state index is 0.677. The van der Waals surface area contributed by atoms with Crippen molar-refractivity contribution < 1.29 is 4.74 Å². The zero-order chi connectivity index (χ0) is 13.8. The number of fused-ring (bicyclic) bond motifs is 1. The van der Waals surface area contributed by atoms with E-state index in [4.69, 9.17) is 4.74 Å². The van der Waals surface area contributed by atoms with E-state index in [2.05, 4.69) is 35.3 Å². The molecule has 2 heterocycles. The van der Waals surface area contributed by atoms with Crippen LogP contribution in [0.25, 0.3) is 0 Å². The second-order valence-electron chi connectivity index (χ2n) is 6.11.